The van der Waals surface area contributed by atoms with Crippen LogP contribution in [0.5, 0.6) is 0 Å². The van der Waals surface area contributed by atoms with Crippen LogP contribution < -0.4 is 0 Å². The highest BCUT2D eigenvalue weighted by Crippen LogP contribution is 2.35. The van der Waals surface area contributed by atoms with Crippen LogP contribution in [0.25, 0.3) is 10.9 Å². The van der Waals surface area contributed by atoms with E-state index in [1.165, 1.54) is 11.1 Å². The van der Waals surface area contributed by atoms with Crippen LogP contribution in [0.15, 0.2) is 18.2 Å². The summed E-state index contributed by atoms with van der Waals surface area (Å²) in [5.74, 6) is 0. The first kappa shape index (κ1) is 14.5. The van der Waals surface area contributed by atoms with Crippen LogP contribution in [0.3, 0.4) is 0 Å². The Kier molecular flexibility index (Phi) is 3.50. The number of aliphatic hydroxyl groups is 1. The molecule has 0 saturated heterocycles. The minimum Gasteiger partial charge on any atom is -0.386 e. The number of hydrogen-bond donors (Lipinski definition) is 1. The van der Waals surface area contributed by atoms with Crippen molar-refractivity contribution in [2.45, 2.75) is 45.8 Å². The topological polar surface area (TPSA) is 36.4 Å². The van der Waals surface area contributed by atoms with Gasteiger partial charge < -0.3 is 10.0 Å². The summed E-state index contributed by atoms with van der Waals surface area (Å²) in [7, 11) is 2.13. The van der Waals surface area contributed by atoms with Crippen LogP contribution in [0.1, 0.15) is 43.2 Å². The molecule has 0 bridgehead atoms. The summed E-state index contributed by atoms with van der Waals surface area (Å²) in [6, 6.07) is 6.44. The first-order chi connectivity index (χ1) is 9.90. The number of benzene rings is 1. The molecule has 2 heterocycles. The average molecular weight is 284 g/mol. The summed E-state index contributed by atoms with van der Waals surface area (Å²) < 4.78 is 0. The molecule has 21 heavy (non-hydrogen) atoms. The molecular formula is C18H24N2O. The van der Waals surface area contributed by atoms with E-state index in [0.717, 1.165) is 48.1 Å². The normalized spacial score (nSPS) is 16.2. The van der Waals surface area contributed by atoms with Gasteiger partial charge in [-0.2, -0.15) is 0 Å². The van der Waals surface area contributed by atoms with Gasteiger partial charge in [0.25, 0.3) is 0 Å². The standard InChI is InChI=1S/C18H24N2O/c1-5-12-6-7-15-13(10-12)17(18(2,3)21)14-11-20(4)9-8-16(14)19-15/h6-7,10,21H,5,8-9,11H2,1-4H3. The second-order valence-corrected chi connectivity index (χ2v) is 6.66. The van der Waals surface area contributed by atoms with Crippen molar-refractivity contribution in [3.63, 3.8) is 0 Å². The van der Waals surface area contributed by atoms with Crippen LogP contribution >= 0.6 is 0 Å². The van der Waals surface area contributed by atoms with E-state index in [2.05, 4.69) is 37.1 Å². The van der Waals surface area contributed by atoms with Gasteiger partial charge in [0, 0.05) is 30.6 Å². The molecule has 0 radical (unpaired) electrons. The van der Waals surface area contributed by atoms with Crippen molar-refractivity contribution in [3.05, 3.63) is 40.6 Å². The Labute approximate surface area is 126 Å². The van der Waals surface area contributed by atoms with E-state index < -0.39 is 5.60 Å². The van der Waals surface area contributed by atoms with Crippen LogP contribution in [-0.2, 0) is 25.0 Å². The second kappa shape index (κ2) is 5.08. The lowest BCUT2D eigenvalue weighted by molar-refractivity contribution is 0.0778. The van der Waals surface area contributed by atoms with E-state index in [1.54, 1.807) is 0 Å². The fraction of sp³-hybridized carbons (Fsp3) is 0.500. The fourth-order valence-corrected chi connectivity index (χ4v) is 3.34. The van der Waals surface area contributed by atoms with Crippen molar-refractivity contribution in [2.24, 2.45) is 0 Å². The predicted octanol–water partition coefficient (Wildman–Crippen LogP) is 3.01. The monoisotopic (exact) mass is 284 g/mol. The average Bonchev–Trinajstić information content (AvgIpc) is 2.42. The number of rotatable bonds is 2. The minimum absolute atomic E-state index is 0.851. The van der Waals surface area contributed by atoms with E-state index in [9.17, 15) is 5.11 Å². The lowest BCUT2D eigenvalue weighted by Gasteiger charge is -2.31. The molecule has 1 aromatic heterocycles. The Morgan fingerprint density at radius 2 is 2.10 bits per heavy atom. The van der Waals surface area contributed by atoms with Gasteiger partial charge in [0.05, 0.1) is 11.1 Å². The maximum absolute atomic E-state index is 10.7. The Bertz CT molecular complexity index is 686. The maximum Gasteiger partial charge on any atom is 0.0850 e. The molecule has 112 valence electrons. The molecule has 0 spiro atoms. The van der Waals surface area contributed by atoms with Crippen molar-refractivity contribution in [1.82, 2.24) is 9.88 Å². The zero-order valence-electron chi connectivity index (χ0n) is 13.4. The molecule has 0 aliphatic carbocycles. The fourth-order valence-electron chi connectivity index (χ4n) is 3.34. The third-order valence-electron chi connectivity index (χ3n) is 4.41. The molecule has 3 rings (SSSR count). The van der Waals surface area contributed by atoms with Gasteiger partial charge in [0.1, 0.15) is 0 Å². The van der Waals surface area contributed by atoms with Gasteiger partial charge in [-0.25, -0.2) is 0 Å². The predicted molar refractivity (Wildman–Crippen MR) is 86.4 cm³/mol. The largest absolute Gasteiger partial charge is 0.386 e. The number of hydrogen-bond acceptors (Lipinski definition) is 3. The molecule has 0 fully saturated rings. The molecule has 2 aromatic rings. The van der Waals surface area contributed by atoms with Gasteiger partial charge >= 0.3 is 0 Å². The summed E-state index contributed by atoms with van der Waals surface area (Å²) in [5.41, 5.74) is 4.88. The molecule has 3 nitrogen and oxygen atoms in total. The summed E-state index contributed by atoms with van der Waals surface area (Å²) in [5, 5.41) is 11.9. The number of pyridine rings is 1. The van der Waals surface area contributed by atoms with E-state index in [1.807, 2.05) is 13.8 Å². The number of fused-ring (bicyclic) bond motifs is 2. The molecule has 0 unspecified atom stereocenters. The van der Waals surface area contributed by atoms with Crippen molar-refractivity contribution >= 4 is 10.9 Å². The molecule has 0 atom stereocenters. The third-order valence-corrected chi connectivity index (χ3v) is 4.41. The molecular weight excluding hydrogens is 260 g/mol. The van der Waals surface area contributed by atoms with Gasteiger partial charge in [-0.05, 0) is 56.1 Å². The molecule has 1 aromatic carbocycles. The zero-order valence-corrected chi connectivity index (χ0v) is 13.4. The van der Waals surface area contributed by atoms with Crippen molar-refractivity contribution in [3.8, 4) is 0 Å². The SMILES string of the molecule is CCc1ccc2nc3c(c(C(C)(C)O)c2c1)CN(C)CC3. The van der Waals surface area contributed by atoms with E-state index in [-0.39, 0.29) is 0 Å². The lowest BCUT2D eigenvalue weighted by atomic mass is 9.86. The van der Waals surface area contributed by atoms with Gasteiger partial charge in [-0.1, -0.05) is 13.0 Å². The van der Waals surface area contributed by atoms with Crippen LogP contribution in [-0.4, -0.2) is 28.6 Å². The van der Waals surface area contributed by atoms with Crippen molar-refractivity contribution < 1.29 is 5.11 Å². The van der Waals surface area contributed by atoms with Gasteiger partial charge in [-0.3, -0.25) is 4.98 Å². The van der Waals surface area contributed by atoms with Crippen LogP contribution in [0.2, 0.25) is 0 Å². The highest BCUT2D eigenvalue weighted by atomic mass is 16.3. The molecule has 0 amide bonds. The molecule has 1 N–H and O–H groups in total. The third kappa shape index (κ3) is 2.56. The molecule has 0 saturated carbocycles. The van der Waals surface area contributed by atoms with Crippen LogP contribution in [0, 0.1) is 0 Å². The number of aromatic nitrogens is 1. The second-order valence-electron chi connectivity index (χ2n) is 6.66. The van der Waals surface area contributed by atoms with E-state index in [4.69, 9.17) is 4.98 Å². The van der Waals surface area contributed by atoms with Gasteiger partial charge in [0.2, 0.25) is 0 Å². The first-order valence-corrected chi connectivity index (χ1v) is 7.76. The van der Waals surface area contributed by atoms with Crippen LogP contribution in [0.4, 0.5) is 0 Å². The van der Waals surface area contributed by atoms with Crippen molar-refractivity contribution in [1.29, 1.82) is 0 Å². The molecule has 1 aliphatic heterocycles. The Hall–Kier alpha value is -1.45. The summed E-state index contributed by atoms with van der Waals surface area (Å²) in [4.78, 5) is 7.16. The summed E-state index contributed by atoms with van der Waals surface area (Å²) >= 11 is 0. The Morgan fingerprint density at radius 1 is 1.33 bits per heavy atom. The van der Waals surface area contributed by atoms with Crippen molar-refractivity contribution in [2.75, 3.05) is 13.6 Å². The highest BCUT2D eigenvalue weighted by Gasteiger charge is 2.28. The number of nitrogens with zero attached hydrogens (tertiary/aromatic N) is 2. The highest BCUT2D eigenvalue weighted by molar-refractivity contribution is 5.85. The lowest BCUT2D eigenvalue weighted by Crippen LogP contribution is -2.31. The summed E-state index contributed by atoms with van der Waals surface area (Å²) in [6.45, 7) is 7.83. The van der Waals surface area contributed by atoms with E-state index >= 15 is 0 Å². The van der Waals surface area contributed by atoms with Gasteiger partial charge in [-0.15, -0.1) is 0 Å². The maximum atomic E-state index is 10.7. The smallest absolute Gasteiger partial charge is 0.0850 e. The molecule has 1 aliphatic rings. The Balaban J connectivity index is 2.36. The quantitative estimate of drug-likeness (QED) is 0.921. The number of aryl methyl sites for hydroxylation is 1. The molecule has 3 heteroatoms. The first-order valence-electron chi connectivity index (χ1n) is 7.76. The summed E-state index contributed by atoms with van der Waals surface area (Å²) in [6.07, 6.45) is 1.96. The number of likely N-dealkylation sites (N-methyl/N-ethyl adjacent to an activating group) is 1. The van der Waals surface area contributed by atoms with Gasteiger partial charge in [0.15, 0.2) is 0 Å². The minimum atomic E-state index is -0.851. The van der Waals surface area contributed by atoms with E-state index in [0.29, 0.717) is 0 Å². The Morgan fingerprint density at radius 3 is 2.76 bits per heavy atom. The zero-order chi connectivity index (χ0) is 15.2.